The first-order valence-corrected chi connectivity index (χ1v) is 12.4. The molecule has 1 aliphatic rings. The quantitative estimate of drug-likeness (QED) is 0.235. The molecule has 0 saturated heterocycles. The number of hydrogen-bond donors (Lipinski definition) is 0. The monoisotopic (exact) mass is 470 g/mol. The summed E-state index contributed by atoms with van der Waals surface area (Å²) in [4.78, 5) is 0. The summed E-state index contributed by atoms with van der Waals surface area (Å²) < 4.78 is 70.2. The summed E-state index contributed by atoms with van der Waals surface area (Å²) in [6, 6.07) is 6.07. The smallest absolute Gasteiger partial charge is 0.422 e. The molecule has 184 valence electrons. The van der Waals surface area contributed by atoms with E-state index < -0.39 is 30.2 Å². The fraction of sp³-hybridized carbons (Fsp3) is 0.630. The molecule has 0 unspecified atom stereocenters. The lowest BCUT2D eigenvalue weighted by Crippen LogP contribution is -2.20. The SMILES string of the molecule is CCCCCCCC1CCC(CCc2ccc3c(F)c(OCC(F)(F)F)c(F)cc3c2)CC1. The van der Waals surface area contributed by atoms with Gasteiger partial charge >= 0.3 is 6.18 Å². The zero-order valence-electron chi connectivity index (χ0n) is 19.5. The average molecular weight is 471 g/mol. The summed E-state index contributed by atoms with van der Waals surface area (Å²) in [6.07, 6.45) is 10.3. The Morgan fingerprint density at radius 1 is 0.879 bits per heavy atom. The van der Waals surface area contributed by atoms with E-state index in [0.717, 1.165) is 30.4 Å². The van der Waals surface area contributed by atoms with Crippen LogP contribution in [0.5, 0.6) is 5.75 Å². The maximum absolute atomic E-state index is 14.6. The van der Waals surface area contributed by atoms with Gasteiger partial charge in [-0.3, -0.25) is 0 Å². The predicted molar refractivity (Wildman–Crippen MR) is 123 cm³/mol. The van der Waals surface area contributed by atoms with Crippen molar-refractivity contribution in [1.82, 2.24) is 0 Å². The molecule has 0 radical (unpaired) electrons. The Kier molecular flexibility index (Phi) is 9.39. The van der Waals surface area contributed by atoms with Gasteiger partial charge in [-0.25, -0.2) is 8.78 Å². The third-order valence-electron chi connectivity index (χ3n) is 6.95. The van der Waals surface area contributed by atoms with Crippen molar-refractivity contribution in [2.45, 2.75) is 90.1 Å². The summed E-state index contributed by atoms with van der Waals surface area (Å²) in [5.41, 5.74) is 0.989. The molecule has 2 aromatic rings. The van der Waals surface area contributed by atoms with E-state index in [1.807, 2.05) is 0 Å². The van der Waals surface area contributed by atoms with Gasteiger partial charge in [-0.05, 0) is 41.7 Å². The number of benzene rings is 2. The molecular weight excluding hydrogens is 435 g/mol. The number of rotatable bonds is 11. The van der Waals surface area contributed by atoms with Crippen LogP contribution in [0.4, 0.5) is 22.0 Å². The van der Waals surface area contributed by atoms with E-state index >= 15 is 0 Å². The lowest BCUT2D eigenvalue weighted by Gasteiger charge is -2.28. The van der Waals surface area contributed by atoms with E-state index in [2.05, 4.69) is 11.7 Å². The molecule has 6 heteroatoms. The molecule has 3 rings (SSSR count). The summed E-state index contributed by atoms with van der Waals surface area (Å²) >= 11 is 0. The third-order valence-corrected chi connectivity index (χ3v) is 6.95. The van der Waals surface area contributed by atoms with Gasteiger partial charge in [0.25, 0.3) is 0 Å². The van der Waals surface area contributed by atoms with E-state index in [9.17, 15) is 22.0 Å². The molecule has 33 heavy (non-hydrogen) atoms. The van der Waals surface area contributed by atoms with Crippen molar-refractivity contribution in [3.8, 4) is 5.75 Å². The van der Waals surface area contributed by atoms with Crippen LogP contribution in [0.2, 0.25) is 0 Å². The molecule has 0 atom stereocenters. The van der Waals surface area contributed by atoms with Gasteiger partial charge in [0.15, 0.2) is 24.0 Å². The summed E-state index contributed by atoms with van der Waals surface area (Å²) in [6.45, 7) is 0.509. The number of hydrogen-bond acceptors (Lipinski definition) is 1. The molecule has 1 saturated carbocycles. The van der Waals surface area contributed by atoms with E-state index in [4.69, 9.17) is 0 Å². The number of fused-ring (bicyclic) bond motifs is 1. The number of halogens is 5. The van der Waals surface area contributed by atoms with Crippen LogP contribution in [-0.2, 0) is 6.42 Å². The first kappa shape index (κ1) is 25.8. The standard InChI is InChI=1S/C27H35F5O/c1-2-3-4-5-6-7-19-8-10-20(11-9-19)12-13-21-14-15-23-22(16-21)17-24(28)26(25(23)29)33-18-27(30,31)32/h14-17,19-20H,2-13,18H2,1H3. The van der Waals surface area contributed by atoms with Crippen molar-refractivity contribution < 1.29 is 26.7 Å². The highest BCUT2D eigenvalue weighted by molar-refractivity contribution is 5.85. The van der Waals surface area contributed by atoms with Crippen LogP contribution in [0.1, 0.15) is 83.1 Å². The summed E-state index contributed by atoms with van der Waals surface area (Å²) in [5, 5.41) is 0.408. The predicted octanol–water partition coefficient (Wildman–Crippen LogP) is 9.16. The highest BCUT2D eigenvalue weighted by atomic mass is 19.4. The van der Waals surface area contributed by atoms with E-state index in [-0.39, 0.29) is 5.39 Å². The molecule has 1 aliphatic carbocycles. The van der Waals surface area contributed by atoms with Crippen LogP contribution < -0.4 is 4.74 Å². The van der Waals surface area contributed by atoms with E-state index in [1.165, 1.54) is 70.3 Å². The Morgan fingerprint density at radius 3 is 2.21 bits per heavy atom. The Hall–Kier alpha value is -1.85. The van der Waals surface area contributed by atoms with Crippen LogP contribution in [0, 0.1) is 23.5 Å². The lowest BCUT2D eigenvalue weighted by atomic mass is 9.77. The largest absolute Gasteiger partial charge is 0.478 e. The van der Waals surface area contributed by atoms with Gasteiger partial charge in [-0.15, -0.1) is 0 Å². The Balaban J connectivity index is 1.50. The normalized spacial score (nSPS) is 19.2. The minimum Gasteiger partial charge on any atom is -0.478 e. The van der Waals surface area contributed by atoms with Crippen LogP contribution in [0.3, 0.4) is 0 Å². The fourth-order valence-corrected chi connectivity index (χ4v) is 5.02. The van der Waals surface area contributed by atoms with Crippen LogP contribution in [0.25, 0.3) is 10.8 Å². The molecule has 0 heterocycles. The Morgan fingerprint density at radius 2 is 1.55 bits per heavy atom. The minimum atomic E-state index is -4.66. The molecule has 2 aromatic carbocycles. The van der Waals surface area contributed by atoms with Gasteiger partial charge in [0.05, 0.1) is 0 Å². The zero-order valence-corrected chi connectivity index (χ0v) is 19.5. The van der Waals surface area contributed by atoms with Gasteiger partial charge < -0.3 is 4.74 Å². The first-order chi connectivity index (χ1) is 15.8. The second kappa shape index (κ2) is 12.0. The highest BCUT2D eigenvalue weighted by Crippen LogP contribution is 2.35. The first-order valence-electron chi connectivity index (χ1n) is 12.4. The van der Waals surface area contributed by atoms with Crippen molar-refractivity contribution in [2.24, 2.45) is 11.8 Å². The molecular formula is C27H35F5O. The van der Waals surface area contributed by atoms with Crippen molar-refractivity contribution in [3.05, 3.63) is 41.5 Å². The number of unbranched alkanes of at least 4 members (excludes halogenated alkanes) is 4. The van der Waals surface area contributed by atoms with E-state index in [0.29, 0.717) is 11.3 Å². The maximum Gasteiger partial charge on any atom is 0.422 e. The van der Waals surface area contributed by atoms with Crippen molar-refractivity contribution in [3.63, 3.8) is 0 Å². The molecule has 0 N–H and O–H groups in total. The number of alkyl halides is 3. The van der Waals surface area contributed by atoms with Crippen LogP contribution in [0.15, 0.2) is 24.3 Å². The van der Waals surface area contributed by atoms with Crippen molar-refractivity contribution in [2.75, 3.05) is 6.61 Å². The highest BCUT2D eigenvalue weighted by Gasteiger charge is 2.30. The fourth-order valence-electron chi connectivity index (χ4n) is 5.02. The van der Waals surface area contributed by atoms with Crippen molar-refractivity contribution >= 4 is 10.8 Å². The Bertz CT molecular complexity index is 884. The van der Waals surface area contributed by atoms with Gasteiger partial charge in [0.2, 0.25) is 0 Å². The van der Waals surface area contributed by atoms with Gasteiger partial charge in [0, 0.05) is 5.39 Å². The Labute approximate surface area is 193 Å². The minimum absolute atomic E-state index is 0.0665. The molecule has 0 amide bonds. The molecule has 1 nitrogen and oxygen atoms in total. The van der Waals surface area contributed by atoms with E-state index in [1.54, 1.807) is 12.1 Å². The topological polar surface area (TPSA) is 9.23 Å². The second-order valence-electron chi connectivity index (χ2n) is 9.59. The van der Waals surface area contributed by atoms with Crippen LogP contribution in [-0.4, -0.2) is 12.8 Å². The van der Waals surface area contributed by atoms with Crippen LogP contribution >= 0.6 is 0 Å². The summed E-state index contributed by atoms with van der Waals surface area (Å²) in [5.74, 6) is -1.63. The molecule has 1 fully saturated rings. The molecule has 0 bridgehead atoms. The van der Waals surface area contributed by atoms with Gasteiger partial charge in [-0.2, -0.15) is 13.2 Å². The van der Waals surface area contributed by atoms with Crippen molar-refractivity contribution in [1.29, 1.82) is 0 Å². The molecule has 0 aromatic heterocycles. The summed E-state index contributed by atoms with van der Waals surface area (Å²) in [7, 11) is 0. The zero-order chi connectivity index (χ0) is 23.8. The van der Waals surface area contributed by atoms with Gasteiger partial charge in [-0.1, -0.05) is 89.3 Å². The maximum atomic E-state index is 14.6. The molecule has 0 aliphatic heterocycles. The average Bonchev–Trinajstić information content (AvgIpc) is 2.77. The van der Waals surface area contributed by atoms with Gasteiger partial charge in [0.1, 0.15) is 0 Å². The lowest BCUT2D eigenvalue weighted by molar-refractivity contribution is -0.154. The number of ether oxygens (including phenoxy) is 1. The second-order valence-corrected chi connectivity index (χ2v) is 9.59. The third kappa shape index (κ3) is 7.86. The number of aryl methyl sites for hydroxylation is 1. The molecule has 0 spiro atoms.